The summed E-state index contributed by atoms with van der Waals surface area (Å²) in [6, 6.07) is 6.87. The topological polar surface area (TPSA) is 59.0 Å². The molecule has 2 atom stereocenters. The highest BCUT2D eigenvalue weighted by Crippen LogP contribution is 2.27. The molecule has 1 aliphatic rings. The van der Waals surface area contributed by atoms with Crippen molar-refractivity contribution in [3.05, 3.63) is 29.8 Å². The zero-order valence-corrected chi connectivity index (χ0v) is 14.2. The third-order valence-corrected chi connectivity index (χ3v) is 5.97. The predicted octanol–water partition coefficient (Wildman–Crippen LogP) is 2.25. The van der Waals surface area contributed by atoms with Crippen molar-refractivity contribution in [1.29, 1.82) is 0 Å². The third kappa shape index (κ3) is 3.50. The summed E-state index contributed by atoms with van der Waals surface area (Å²) >= 11 is 0. The summed E-state index contributed by atoms with van der Waals surface area (Å²) < 4.78 is 30.7. The summed E-state index contributed by atoms with van der Waals surface area (Å²) in [4.78, 5) is 6.66. The minimum Gasteiger partial charge on any atom is -0.385 e. The van der Waals surface area contributed by atoms with Gasteiger partial charge in [-0.3, -0.25) is 4.99 Å². The van der Waals surface area contributed by atoms with Gasteiger partial charge in [-0.2, -0.15) is 0 Å². The predicted molar refractivity (Wildman–Crippen MR) is 87.9 cm³/mol. The minimum atomic E-state index is -3.45. The van der Waals surface area contributed by atoms with Crippen LogP contribution in [0.15, 0.2) is 34.2 Å². The van der Waals surface area contributed by atoms with E-state index in [-0.39, 0.29) is 6.04 Å². The standard InChI is InChI=1S/C16H24N2O3S/c1-4-15-16(17-12-18(15)10-5-11-21-3)22(19,20)14-8-6-13(2)7-9-14/h6-9,12,15-16H,4-5,10-11H2,1-3H3. The van der Waals surface area contributed by atoms with Gasteiger partial charge in [0.15, 0.2) is 5.37 Å². The Kier molecular flexibility index (Phi) is 5.58. The number of aliphatic imine (C=N–C) groups is 1. The Labute approximate surface area is 132 Å². The lowest BCUT2D eigenvalue weighted by Gasteiger charge is -2.26. The molecule has 0 saturated carbocycles. The Morgan fingerprint density at radius 1 is 1.27 bits per heavy atom. The van der Waals surface area contributed by atoms with Crippen LogP contribution in [0.3, 0.4) is 0 Å². The first-order chi connectivity index (χ1) is 10.5. The average Bonchev–Trinajstić information content (AvgIpc) is 2.91. The van der Waals surface area contributed by atoms with Crippen LogP contribution in [0.25, 0.3) is 0 Å². The fourth-order valence-electron chi connectivity index (χ4n) is 2.71. The van der Waals surface area contributed by atoms with Crippen LogP contribution in [-0.2, 0) is 14.6 Å². The number of methoxy groups -OCH3 is 1. The molecule has 1 heterocycles. The van der Waals surface area contributed by atoms with Crippen molar-refractivity contribution >= 4 is 16.2 Å². The number of aryl methyl sites for hydroxylation is 1. The van der Waals surface area contributed by atoms with Crippen LogP contribution in [0.5, 0.6) is 0 Å². The Balaban J connectivity index is 2.17. The van der Waals surface area contributed by atoms with Gasteiger partial charge in [0.2, 0.25) is 9.84 Å². The van der Waals surface area contributed by atoms with Crippen molar-refractivity contribution in [2.24, 2.45) is 4.99 Å². The number of benzene rings is 1. The SMILES string of the molecule is CCC1C(S(=O)(=O)c2ccc(C)cc2)N=CN1CCCOC. The van der Waals surface area contributed by atoms with Gasteiger partial charge in [0.25, 0.3) is 0 Å². The minimum absolute atomic E-state index is 0.108. The van der Waals surface area contributed by atoms with Crippen molar-refractivity contribution in [3.8, 4) is 0 Å². The molecule has 0 aromatic heterocycles. The molecule has 2 rings (SSSR count). The molecule has 0 radical (unpaired) electrons. The fraction of sp³-hybridized carbons (Fsp3) is 0.562. The molecule has 2 unspecified atom stereocenters. The maximum absolute atomic E-state index is 12.8. The van der Waals surface area contributed by atoms with Gasteiger partial charge in [0, 0.05) is 20.3 Å². The summed E-state index contributed by atoms with van der Waals surface area (Å²) in [5.41, 5.74) is 1.04. The Hall–Kier alpha value is -1.40. The summed E-state index contributed by atoms with van der Waals surface area (Å²) in [6.45, 7) is 5.36. The van der Waals surface area contributed by atoms with Crippen LogP contribution in [0, 0.1) is 6.92 Å². The van der Waals surface area contributed by atoms with E-state index in [4.69, 9.17) is 4.74 Å². The van der Waals surface area contributed by atoms with Crippen LogP contribution >= 0.6 is 0 Å². The Morgan fingerprint density at radius 3 is 2.55 bits per heavy atom. The van der Waals surface area contributed by atoms with Crippen LogP contribution in [0.1, 0.15) is 25.3 Å². The van der Waals surface area contributed by atoms with E-state index in [1.54, 1.807) is 25.6 Å². The fourth-order valence-corrected chi connectivity index (χ4v) is 4.48. The van der Waals surface area contributed by atoms with Crippen LogP contribution in [-0.4, -0.2) is 51.3 Å². The maximum atomic E-state index is 12.8. The molecular weight excluding hydrogens is 300 g/mol. The Morgan fingerprint density at radius 2 is 1.95 bits per heavy atom. The van der Waals surface area contributed by atoms with E-state index in [1.807, 2.05) is 30.9 Å². The van der Waals surface area contributed by atoms with Crippen molar-refractivity contribution in [3.63, 3.8) is 0 Å². The smallest absolute Gasteiger partial charge is 0.203 e. The number of ether oxygens (including phenoxy) is 1. The van der Waals surface area contributed by atoms with E-state index in [9.17, 15) is 8.42 Å². The number of nitrogens with zero attached hydrogens (tertiary/aromatic N) is 2. The van der Waals surface area contributed by atoms with E-state index in [2.05, 4.69) is 4.99 Å². The van der Waals surface area contributed by atoms with E-state index >= 15 is 0 Å². The first kappa shape index (κ1) is 17.0. The molecule has 0 bridgehead atoms. The molecule has 5 nitrogen and oxygen atoms in total. The molecule has 1 aliphatic heterocycles. The van der Waals surface area contributed by atoms with Crippen LogP contribution in [0.2, 0.25) is 0 Å². The highest BCUT2D eigenvalue weighted by Gasteiger charge is 2.39. The number of hydrogen-bond donors (Lipinski definition) is 0. The number of sulfone groups is 1. The van der Waals surface area contributed by atoms with Gasteiger partial charge >= 0.3 is 0 Å². The van der Waals surface area contributed by atoms with Gasteiger partial charge in [0.1, 0.15) is 0 Å². The molecule has 0 saturated heterocycles. The summed E-state index contributed by atoms with van der Waals surface area (Å²) in [5, 5.41) is -0.720. The molecule has 0 aliphatic carbocycles. The molecule has 0 amide bonds. The van der Waals surface area contributed by atoms with Crippen molar-refractivity contribution < 1.29 is 13.2 Å². The molecule has 1 aromatic rings. The second-order valence-electron chi connectivity index (χ2n) is 5.57. The van der Waals surface area contributed by atoms with E-state index in [0.717, 1.165) is 24.9 Å². The zero-order valence-electron chi connectivity index (χ0n) is 13.4. The first-order valence-corrected chi connectivity index (χ1v) is 9.14. The van der Waals surface area contributed by atoms with Gasteiger partial charge in [-0.05, 0) is 31.9 Å². The maximum Gasteiger partial charge on any atom is 0.203 e. The summed E-state index contributed by atoms with van der Waals surface area (Å²) in [7, 11) is -1.78. The average molecular weight is 324 g/mol. The second-order valence-corrected chi connectivity index (χ2v) is 7.62. The monoisotopic (exact) mass is 324 g/mol. The van der Waals surface area contributed by atoms with Gasteiger partial charge in [-0.25, -0.2) is 8.42 Å². The molecular formula is C16H24N2O3S. The summed E-state index contributed by atoms with van der Waals surface area (Å²) in [6.07, 6.45) is 3.28. The quantitative estimate of drug-likeness (QED) is 0.722. The largest absolute Gasteiger partial charge is 0.385 e. The first-order valence-electron chi connectivity index (χ1n) is 7.59. The van der Waals surface area contributed by atoms with Crippen molar-refractivity contribution in [2.45, 2.75) is 43.0 Å². The molecule has 22 heavy (non-hydrogen) atoms. The molecule has 6 heteroatoms. The summed E-state index contributed by atoms with van der Waals surface area (Å²) in [5.74, 6) is 0. The zero-order chi connectivity index (χ0) is 16.2. The second kappa shape index (κ2) is 7.24. The molecule has 122 valence electrons. The third-order valence-electron chi connectivity index (χ3n) is 3.97. The lowest BCUT2D eigenvalue weighted by molar-refractivity contribution is 0.181. The van der Waals surface area contributed by atoms with Crippen molar-refractivity contribution in [1.82, 2.24) is 4.90 Å². The number of rotatable bonds is 7. The van der Waals surface area contributed by atoms with Gasteiger partial charge in [-0.1, -0.05) is 24.6 Å². The Bertz CT molecular complexity index is 611. The molecule has 0 spiro atoms. The molecule has 0 N–H and O–H groups in total. The van der Waals surface area contributed by atoms with Crippen molar-refractivity contribution in [2.75, 3.05) is 20.3 Å². The van der Waals surface area contributed by atoms with Gasteiger partial charge < -0.3 is 9.64 Å². The molecule has 0 fully saturated rings. The van der Waals surface area contributed by atoms with E-state index < -0.39 is 15.2 Å². The van der Waals surface area contributed by atoms with E-state index in [1.165, 1.54) is 0 Å². The lowest BCUT2D eigenvalue weighted by atomic mass is 10.2. The van der Waals surface area contributed by atoms with Gasteiger partial charge in [0.05, 0.1) is 17.3 Å². The highest BCUT2D eigenvalue weighted by molar-refractivity contribution is 7.92. The van der Waals surface area contributed by atoms with Crippen LogP contribution < -0.4 is 0 Å². The van der Waals surface area contributed by atoms with E-state index in [0.29, 0.717) is 11.5 Å². The highest BCUT2D eigenvalue weighted by atomic mass is 32.2. The normalized spacial score (nSPS) is 21.5. The lowest BCUT2D eigenvalue weighted by Crippen LogP contribution is -2.40. The molecule has 1 aromatic carbocycles. The van der Waals surface area contributed by atoms with Crippen LogP contribution in [0.4, 0.5) is 0 Å². The van der Waals surface area contributed by atoms with Gasteiger partial charge in [-0.15, -0.1) is 0 Å². The number of hydrogen-bond acceptors (Lipinski definition) is 5.